The molecule has 3 heterocycles. The molecule has 4 nitrogen and oxygen atoms in total. The number of carbonyl (C=O) groups is 1. The number of amides is 1. The number of unbranched alkanes of at least 4 members (excludes halogenated alkanes) is 2. The number of fused-ring (bicyclic) bond motifs is 3. The predicted molar refractivity (Wildman–Crippen MR) is 76.1 cm³/mol. The summed E-state index contributed by atoms with van der Waals surface area (Å²) in [6.45, 7) is 8.67. The van der Waals surface area contributed by atoms with Gasteiger partial charge in [0.1, 0.15) is 6.61 Å². The van der Waals surface area contributed by atoms with Crippen LogP contribution >= 0.6 is 0 Å². The zero-order valence-corrected chi connectivity index (χ0v) is 12.4. The van der Waals surface area contributed by atoms with Crippen LogP contribution in [0.3, 0.4) is 0 Å². The lowest BCUT2D eigenvalue weighted by molar-refractivity contribution is -0.130. The lowest BCUT2D eigenvalue weighted by Crippen LogP contribution is -2.65. The monoisotopic (exact) mass is 268 g/mol. The fraction of sp³-hybridized carbons (Fsp3) is 0.933. The lowest BCUT2D eigenvalue weighted by Gasteiger charge is -2.51. The van der Waals surface area contributed by atoms with Gasteiger partial charge in [0.15, 0.2) is 0 Å². The molecule has 1 amide bonds. The second kappa shape index (κ2) is 6.71. The van der Waals surface area contributed by atoms with Gasteiger partial charge < -0.3 is 15.0 Å². The van der Waals surface area contributed by atoms with Gasteiger partial charge in [-0.25, -0.2) is 0 Å². The van der Waals surface area contributed by atoms with Crippen LogP contribution in [0.2, 0.25) is 0 Å². The van der Waals surface area contributed by atoms with Crippen LogP contribution in [0.4, 0.5) is 0 Å². The summed E-state index contributed by atoms with van der Waals surface area (Å²) >= 11 is 0. The molecule has 0 aromatic rings. The Morgan fingerprint density at radius 2 is 2.11 bits per heavy atom. The summed E-state index contributed by atoms with van der Waals surface area (Å²) in [5, 5.41) is 3.21. The Hall–Kier alpha value is -0.610. The molecule has 3 rings (SSSR count). The van der Waals surface area contributed by atoms with Crippen molar-refractivity contribution in [2.24, 2.45) is 5.92 Å². The van der Waals surface area contributed by atoms with Gasteiger partial charge in [0.05, 0.1) is 5.54 Å². The van der Waals surface area contributed by atoms with Crippen molar-refractivity contribution in [2.75, 3.05) is 32.8 Å². The van der Waals surface area contributed by atoms with Gasteiger partial charge in [-0.15, -0.1) is 0 Å². The SMILES string of the molecule is CCCCCOCC(=O)NC1(C)CN2CCC1CC2. The third kappa shape index (κ3) is 3.93. The highest BCUT2D eigenvalue weighted by molar-refractivity contribution is 5.78. The molecule has 1 unspecified atom stereocenters. The first-order valence-corrected chi connectivity index (χ1v) is 7.75. The third-order valence-corrected chi connectivity index (χ3v) is 4.59. The van der Waals surface area contributed by atoms with Crippen LogP contribution in [0.15, 0.2) is 0 Å². The number of ether oxygens (including phenoxy) is 1. The van der Waals surface area contributed by atoms with Gasteiger partial charge in [-0.1, -0.05) is 19.8 Å². The Morgan fingerprint density at radius 1 is 1.37 bits per heavy atom. The van der Waals surface area contributed by atoms with Crippen molar-refractivity contribution in [3.8, 4) is 0 Å². The Balaban J connectivity index is 1.70. The van der Waals surface area contributed by atoms with Gasteiger partial charge in [-0.3, -0.25) is 4.79 Å². The molecule has 3 aliphatic heterocycles. The number of carbonyl (C=O) groups excluding carboxylic acids is 1. The molecule has 110 valence electrons. The number of nitrogens with zero attached hydrogens (tertiary/aromatic N) is 1. The number of hydrogen-bond donors (Lipinski definition) is 1. The van der Waals surface area contributed by atoms with E-state index in [4.69, 9.17) is 4.74 Å². The van der Waals surface area contributed by atoms with Crippen molar-refractivity contribution in [1.82, 2.24) is 10.2 Å². The molecule has 3 aliphatic rings. The molecule has 3 fully saturated rings. The molecule has 0 aliphatic carbocycles. The minimum atomic E-state index is -0.0413. The normalized spacial score (nSPS) is 33.4. The van der Waals surface area contributed by atoms with Gasteiger partial charge in [-0.2, -0.15) is 0 Å². The minimum Gasteiger partial charge on any atom is -0.372 e. The summed E-state index contributed by atoms with van der Waals surface area (Å²) in [5.74, 6) is 0.689. The molecule has 0 spiro atoms. The van der Waals surface area contributed by atoms with Crippen LogP contribution in [-0.2, 0) is 9.53 Å². The highest BCUT2D eigenvalue weighted by atomic mass is 16.5. The molecular formula is C15H28N2O2. The number of hydrogen-bond acceptors (Lipinski definition) is 3. The van der Waals surface area contributed by atoms with E-state index in [9.17, 15) is 4.79 Å². The number of nitrogens with one attached hydrogen (secondary N) is 1. The second-order valence-electron chi connectivity index (χ2n) is 6.28. The first kappa shape index (κ1) is 14.8. The van der Waals surface area contributed by atoms with Gasteiger partial charge in [0.25, 0.3) is 0 Å². The van der Waals surface area contributed by atoms with Crippen molar-refractivity contribution in [1.29, 1.82) is 0 Å². The summed E-state index contributed by atoms with van der Waals surface area (Å²) in [6, 6.07) is 0. The molecule has 0 aromatic carbocycles. The van der Waals surface area contributed by atoms with E-state index in [1.165, 1.54) is 38.8 Å². The van der Waals surface area contributed by atoms with E-state index in [1.807, 2.05) is 0 Å². The highest BCUT2D eigenvalue weighted by Gasteiger charge is 2.43. The molecule has 3 saturated heterocycles. The first-order valence-electron chi connectivity index (χ1n) is 7.75. The van der Waals surface area contributed by atoms with Gasteiger partial charge in [-0.05, 0) is 45.2 Å². The Bertz CT molecular complexity index is 301. The maximum absolute atomic E-state index is 12.0. The highest BCUT2D eigenvalue weighted by Crippen LogP contribution is 2.35. The molecule has 19 heavy (non-hydrogen) atoms. The Kier molecular flexibility index (Phi) is 5.22. The maximum Gasteiger partial charge on any atom is 0.246 e. The van der Waals surface area contributed by atoms with Gasteiger partial charge in [0.2, 0.25) is 5.91 Å². The molecule has 2 bridgehead atoms. The fourth-order valence-corrected chi connectivity index (χ4v) is 3.44. The van der Waals surface area contributed by atoms with Crippen LogP contribution in [0.1, 0.15) is 46.0 Å². The number of rotatable bonds is 7. The van der Waals surface area contributed by atoms with E-state index in [1.54, 1.807) is 0 Å². The second-order valence-corrected chi connectivity index (χ2v) is 6.28. The van der Waals surface area contributed by atoms with Crippen LogP contribution in [0.25, 0.3) is 0 Å². The predicted octanol–water partition coefficient (Wildman–Crippen LogP) is 1.79. The van der Waals surface area contributed by atoms with Crippen molar-refractivity contribution >= 4 is 5.91 Å². The van der Waals surface area contributed by atoms with Crippen molar-refractivity contribution in [3.63, 3.8) is 0 Å². The topological polar surface area (TPSA) is 41.6 Å². The molecule has 1 atom stereocenters. The van der Waals surface area contributed by atoms with Crippen LogP contribution in [0.5, 0.6) is 0 Å². The van der Waals surface area contributed by atoms with E-state index >= 15 is 0 Å². The average molecular weight is 268 g/mol. The van der Waals surface area contributed by atoms with E-state index < -0.39 is 0 Å². The van der Waals surface area contributed by atoms with Crippen molar-refractivity contribution in [3.05, 3.63) is 0 Å². The summed E-state index contributed by atoms with van der Waals surface area (Å²) in [6.07, 6.45) is 5.85. The largest absolute Gasteiger partial charge is 0.372 e. The number of piperidine rings is 3. The molecular weight excluding hydrogens is 240 g/mol. The summed E-state index contributed by atoms with van der Waals surface area (Å²) < 4.78 is 5.44. The molecule has 1 N–H and O–H groups in total. The Morgan fingerprint density at radius 3 is 2.68 bits per heavy atom. The molecule has 0 saturated carbocycles. The van der Waals surface area contributed by atoms with E-state index in [0.717, 1.165) is 13.0 Å². The minimum absolute atomic E-state index is 0.0413. The quantitative estimate of drug-likeness (QED) is 0.716. The molecule has 0 radical (unpaired) electrons. The molecule has 0 aromatic heterocycles. The lowest BCUT2D eigenvalue weighted by atomic mass is 9.74. The smallest absolute Gasteiger partial charge is 0.246 e. The van der Waals surface area contributed by atoms with Crippen molar-refractivity contribution < 1.29 is 9.53 Å². The zero-order valence-electron chi connectivity index (χ0n) is 12.4. The summed E-state index contributed by atoms with van der Waals surface area (Å²) in [4.78, 5) is 14.4. The average Bonchev–Trinajstić information content (AvgIpc) is 2.39. The van der Waals surface area contributed by atoms with Crippen molar-refractivity contribution in [2.45, 2.75) is 51.5 Å². The molecule has 4 heteroatoms. The van der Waals surface area contributed by atoms with Gasteiger partial charge >= 0.3 is 0 Å². The Labute approximate surface area is 116 Å². The first-order chi connectivity index (χ1) is 9.14. The van der Waals surface area contributed by atoms with Crippen LogP contribution in [0, 0.1) is 5.92 Å². The van der Waals surface area contributed by atoms with E-state index in [2.05, 4.69) is 24.1 Å². The zero-order chi connectivity index (χ0) is 13.7. The third-order valence-electron chi connectivity index (χ3n) is 4.59. The fourth-order valence-electron chi connectivity index (χ4n) is 3.44. The van der Waals surface area contributed by atoms with Crippen LogP contribution in [-0.4, -0.2) is 49.2 Å². The standard InChI is InChI=1S/C15H28N2O2/c1-3-4-5-10-19-11-14(18)16-15(2)12-17-8-6-13(15)7-9-17/h13H,3-12H2,1-2H3,(H,16,18). The van der Waals surface area contributed by atoms with Crippen LogP contribution < -0.4 is 5.32 Å². The van der Waals surface area contributed by atoms with E-state index in [-0.39, 0.29) is 18.1 Å². The summed E-state index contributed by atoms with van der Waals surface area (Å²) in [7, 11) is 0. The van der Waals surface area contributed by atoms with E-state index in [0.29, 0.717) is 12.5 Å². The van der Waals surface area contributed by atoms with Gasteiger partial charge in [0, 0.05) is 13.2 Å². The summed E-state index contributed by atoms with van der Waals surface area (Å²) in [5.41, 5.74) is -0.0413. The maximum atomic E-state index is 12.0.